The number of nitrogens with one attached hydrogen (secondary N) is 1. The number of aliphatic carboxylic acids is 1. The fraction of sp³-hybridized carbons (Fsp3) is 0.333. The molecule has 0 bridgehead atoms. The number of carboxylic acids is 1. The summed E-state index contributed by atoms with van der Waals surface area (Å²) in [4.78, 5) is 24.5. The zero-order chi connectivity index (χ0) is 14.0. The van der Waals surface area contributed by atoms with Crippen molar-refractivity contribution < 1.29 is 19.1 Å². The zero-order valence-electron chi connectivity index (χ0n) is 9.90. The van der Waals surface area contributed by atoms with Crippen LogP contribution in [0.5, 0.6) is 0 Å². The van der Waals surface area contributed by atoms with Crippen LogP contribution in [0, 0.1) is 5.82 Å². The number of benzene rings is 1. The molecule has 1 saturated heterocycles. The first-order chi connectivity index (χ1) is 9.02. The summed E-state index contributed by atoms with van der Waals surface area (Å²) in [6.45, 7) is 0.787. The molecule has 0 aliphatic carbocycles. The first kappa shape index (κ1) is 13.8. The number of nitrogens with zero attached hydrogens (tertiary/aromatic N) is 1. The van der Waals surface area contributed by atoms with Gasteiger partial charge in [-0.05, 0) is 12.1 Å². The van der Waals surface area contributed by atoms with Crippen molar-refractivity contribution in [3.05, 3.63) is 34.6 Å². The van der Waals surface area contributed by atoms with Gasteiger partial charge in [0.05, 0.1) is 10.6 Å². The Bertz CT molecular complexity index is 503. The Hall–Kier alpha value is -1.66. The van der Waals surface area contributed by atoms with Crippen LogP contribution in [0.1, 0.15) is 10.4 Å². The van der Waals surface area contributed by atoms with E-state index in [1.54, 1.807) is 0 Å². The van der Waals surface area contributed by atoms with Gasteiger partial charge in [0.25, 0.3) is 5.91 Å². The predicted octanol–water partition coefficient (Wildman–Crippen LogP) is 0.978. The van der Waals surface area contributed by atoms with E-state index in [1.807, 2.05) is 0 Å². The number of piperazine rings is 1. The van der Waals surface area contributed by atoms with Gasteiger partial charge in [-0.2, -0.15) is 0 Å². The van der Waals surface area contributed by atoms with E-state index < -0.39 is 23.7 Å². The largest absolute Gasteiger partial charge is 0.480 e. The summed E-state index contributed by atoms with van der Waals surface area (Å²) in [6, 6.07) is 2.89. The molecular weight excluding hydrogens is 275 g/mol. The minimum absolute atomic E-state index is 0.0207. The Morgan fingerprint density at radius 3 is 2.84 bits per heavy atom. The lowest BCUT2D eigenvalue weighted by molar-refractivity contribution is -0.142. The van der Waals surface area contributed by atoms with Gasteiger partial charge >= 0.3 is 5.97 Å². The third-order valence-electron chi connectivity index (χ3n) is 2.97. The Labute approximate surface area is 114 Å². The average Bonchev–Trinajstić information content (AvgIpc) is 2.38. The van der Waals surface area contributed by atoms with E-state index in [1.165, 1.54) is 12.1 Å². The predicted molar refractivity (Wildman–Crippen MR) is 66.7 cm³/mol. The molecule has 1 aliphatic rings. The first-order valence-electron chi connectivity index (χ1n) is 5.71. The summed E-state index contributed by atoms with van der Waals surface area (Å²) in [5, 5.41) is 11.9. The van der Waals surface area contributed by atoms with E-state index in [0.717, 1.165) is 11.0 Å². The van der Waals surface area contributed by atoms with Crippen LogP contribution in [0.2, 0.25) is 5.02 Å². The smallest absolute Gasteiger partial charge is 0.327 e. The minimum atomic E-state index is -1.13. The van der Waals surface area contributed by atoms with Crippen molar-refractivity contribution in [1.82, 2.24) is 10.2 Å². The van der Waals surface area contributed by atoms with Crippen molar-refractivity contribution in [1.29, 1.82) is 0 Å². The fourth-order valence-electron chi connectivity index (χ4n) is 2.01. The fourth-order valence-corrected chi connectivity index (χ4v) is 2.26. The first-order valence-corrected chi connectivity index (χ1v) is 6.08. The zero-order valence-corrected chi connectivity index (χ0v) is 10.7. The van der Waals surface area contributed by atoms with Crippen LogP contribution in [0.15, 0.2) is 18.2 Å². The van der Waals surface area contributed by atoms with Gasteiger partial charge in [-0.3, -0.25) is 4.79 Å². The number of carbonyl (C=O) groups excluding carboxylic acids is 1. The highest BCUT2D eigenvalue weighted by molar-refractivity contribution is 6.33. The monoisotopic (exact) mass is 286 g/mol. The van der Waals surface area contributed by atoms with E-state index in [2.05, 4.69) is 5.32 Å². The van der Waals surface area contributed by atoms with Crippen LogP contribution in [0.25, 0.3) is 0 Å². The molecule has 1 heterocycles. The van der Waals surface area contributed by atoms with Crippen LogP contribution < -0.4 is 5.32 Å². The summed E-state index contributed by atoms with van der Waals surface area (Å²) >= 11 is 5.82. The van der Waals surface area contributed by atoms with Gasteiger partial charge in [-0.1, -0.05) is 17.7 Å². The molecule has 1 unspecified atom stereocenters. The molecule has 1 aliphatic heterocycles. The van der Waals surface area contributed by atoms with Crippen molar-refractivity contribution in [3.8, 4) is 0 Å². The van der Waals surface area contributed by atoms with Gasteiger partial charge in [-0.25, -0.2) is 9.18 Å². The topological polar surface area (TPSA) is 69.6 Å². The third-order valence-corrected chi connectivity index (χ3v) is 3.28. The highest BCUT2D eigenvalue weighted by Gasteiger charge is 2.34. The molecule has 0 spiro atoms. The van der Waals surface area contributed by atoms with Gasteiger partial charge in [0.2, 0.25) is 0 Å². The number of hydrogen-bond acceptors (Lipinski definition) is 3. The van der Waals surface area contributed by atoms with Gasteiger partial charge in [0.1, 0.15) is 11.9 Å². The van der Waals surface area contributed by atoms with Gasteiger partial charge in [0.15, 0.2) is 0 Å². The molecule has 0 aromatic heterocycles. The molecule has 0 saturated carbocycles. The Morgan fingerprint density at radius 2 is 2.21 bits per heavy atom. The molecule has 2 rings (SSSR count). The van der Waals surface area contributed by atoms with Crippen molar-refractivity contribution in [2.75, 3.05) is 19.6 Å². The maximum atomic E-state index is 13.7. The van der Waals surface area contributed by atoms with E-state index in [-0.39, 0.29) is 23.7 Å². The number of rotatable bonds is 2. The molecule has 102 valence electrons. The maximum absolute atomic E-state index is 13.7. The van der Waals surface area contributed by atoms with Crippen LogP contribution in [0.3, 0.4) is 0 Å². The van der Waals surface area contributed by atoms with Crippen LogP contribution in [-0.4, -0.2) is 47.6 Å². The normalized spacial score (nSPS) is 19.3. The lowest BCUT2D eigenvalue weighted by Gasteiger charge is -2.33. The second-order valence-electron chi connectivity index (χ2n) is 4.15. The van der Waals surface area contributed by atoms with Crippen LogP contribution >= 0.6 is 11.6 Å². The van der Waals surface area contributed by atoms with Crippen LogP contribution in [-0.2, 0) is 4.79 Å². The Morgan fingerprint density at radius 1 is 1.47 bits per heavy atom. The van der Waals surface area contributed by atoms with E-state index in [4.69, 9.17) is 16.7 Å². The second-order valence-corrected chi connectivity index (χ2v) is 4.56. The van der Waals surface area contributed by atoms with Gasteiger partial charge < -0.3 is 15.3 Å². The summed E-state index contributed by atoms with van der Waals surface area (Å²) < 4.78 is 13.7. The molecule has 1 aromatic rings. The van der Waals surface area contributed by atoms with E-state index in [9.17, 15) is 14.0 Å². The molecule has 7 heteroatoms. The number of hydrogen-bond donors (Lipinski definition) is 2. The third kappa shape index (κ3) is 2.69. The van der Waals surface area contributed by atoms with Crippen molar-refractivity contribution in [3.63, 3.8) is 0 Å². The maximum Gasteiger partial charge on any atom is 0.327 e. The van der Waals surface area contributed by atoms with Gasteiger partial charge in [0, 0.05) is 19.6 Å². The Balaban J connectivity index is 2.34. The molecule has 1 aromatic carbocycles. The molecule has 2 N–H and O–H groups in total. The lowest BCUT2D eigenvalue weighted by Crippen LogP contribution is -2.57. The second kappa shape index (κ2) is 5.54. The number of amides is 1. The molecule has 1 amide bonds. The van der Waals surface area contributed by atoms with E-state index in [0.29, 0.717) is 6.54 Å². The molecule has 19 heavy (non-hydrogen) atoms. The summed E-state index contributed by atoms with van der Waals surface area (Å²) in [6.07, 6.45) is 0. The highest BCUT2D eigenvalue weighted by atomic mass is 35.5. The molecule has 0 radical (unpaired) electrons. The standard InChI is InChI=1S/C12H12ClFN2O3/c13-7-2-1-3-8(14)10(7)11(17)16-5-4-15-6-9(16)12(18)19/h1-3,9,15H,4-6H2,(H,18,19). The number of carboxylic acid groups (broad SMARTS) is 1. The number of carbonyl (C=O) groups is 2. The van der Waals surface area contributed by atoms with Crippen LogP contribution in [0.4, 0.5) is 4.39 Å². The summed E-state index contributed by atoms with van der Waals surface area (Å²) in [5.74, 6) is -2.58. The Kier molecular flexibility index (Phi) is 4.01. The molecular formula is C12H12ClFN2O3. The minimum Gasteiger partial charge on any atom is -0.480 e. The molecule has 1 atom stereocenters. The van der Waals surface area contributed by atoms with Gasteiger partial charge in [-0.15, -0.1) is 0 Å². The van der Waals surface area contributed by atoms with Crippen molar-refractivity contribution in [2.24, 2.45) is 0 Å². The average molecular weight is 287 g/mol. The SMILES string of the molecule is O=C(O)C1CNCCN1C(=O)c1c(F)cccc1Cl. The molecule has 1 fully saturated rings. The van der Waals surface area contributed by atoms with Crippen molar-refractivity contribution in [2.45, 2.75) is 6.04 Å². The number of halogens is 2. The quantitative estimate of drug-likeness (QED) is 0.850. The highest BCUT2D eigenvalue weighted by Crippen LogP contribution is 2.22. The lowest BCUT2D eigenvalue weighted by atomic mass is 10.1. The summed E-state index contributed by atoms with van der Waals surface area (Å²) in [7, 11) is 0. The summed E-state index contributed by atoms with van der Waals surface area (Å²) in [5.41, 5.74) is -0.280. The van der Waals surface area contributed by atoms with E-state index >= 15 is 0 Å². The molecule has 5 nitrogen and oxygen atoms in total. The van der Waals surface area contributed by atoms with Crippen molar-refractivity contribution >= 4 is 23.5 Å².